The van der Waals surface area contributed by atoms with Crippen LogP contribution in [-0.4, -0.2) is 53.0 Å². The van der Waals surface area contributed by atoms with Crippen LogP contribution in [0.4, 0.5) is 5.82 Å². The Morgan fingerprint density at radius 1 is 1.13 bits per heavy atom. The maximum Gasteiger partial charge on any atom is 0.337 e. The number of amides is 1. The highest BCUT2D eigenvalue weighted by atomic mass is 16.4. The Hall–Kier alpha value is -2.11. The Morgan fingerprint density at radius 2 is 1.83 bits per heavy atom. The first kappa shape index (κ1) is 15.8. The van der Waals surface area contributed by atoms with E-state index in [0.717, 1.165) is 18.9 Å². The first-order chi connectivity index (χ1) is 11.1. The summed E-state index contributed by atoms with van der Waals surface area (Å²) in [6.07, 6.45) is 7.02. The molecule has 2 fully saturated rings. The van der Waals surface area contributed by atoms with Gasteiger partial charge in [-0.25, -0.2) is 9.78 Å². The zero-order chi connectivity index (χ0) is 16.2. The van der Waals surface area contributed by atoms with Crippen molar-refractivity contribution in [2.45, 2.75) is 32.1 Å². The molecule has 1 aromatic rings. The first-order valence-electron chi connectivity index (χ1n) is 8.35. The van der Waals surface area contributed by atoms with Crippen LogP contribution in [0.2, 0.25) is 0 Å². The van der Waals surface area contributed by atoms with Gasteiger partial charge in [-0.3, -0.25) is 4.79 Å². The molecular weight excluding hydrogens is 294 g/mol. The van der Waals surface area contributed by atoms with Crippen LogP contribution >= 0.6 is 0 Å². The minimum Gasteiger partial charge on any atom is -0.478 e. The van der Waals surface area contributed by atoms with E-state index in [0.29, 0.717) is 25.4 Å². The van der Waals surface area contributed by atoms with Crippen molar-refractivity contribution in [1.29, 1.82) is 0 Å². The summed E-state index contributed by atoms with van der Waals surface area (Å²) in [4.78, 5) is 31.5. The van der Waals surface area contributed by atoms with Gasteiger partial charge in [0.25, 0.3) is 0 Å². The van der Waals surface area contributed by atoms with Crippen LogP contribution in [0.5, 0.6) is 0 Å². The Morgan fingerprint density at radius 3 is 2.39 bits per heavy atom. The third-order valence-corrected chi connectivity index (χ3v) is 4.89. The van der Waals surface area contributed by atoms with Gasteiger partial charge < -0.3 is 14.9 Å². The van der Waals surface area contributed by atoms with E-state index in [1.165, 1.54) is 31.9 Å². The molecule has 0 spiro atoms. The number of hydrogen-bond acceptors (Lipinski definition) is 4. The maximum atomic E-state index is 12.3. The molecule has 6 heteroatoms. The van der Waals surface area contributed by atoms with Crippen LogP contribution in [0.15, 0.2) is 18.3 Å². The fourth-order valence-electron chi connectivity index (χ4n) is 3.48. The Labute approximate surface area is 136 Å². The van der Waals surface area contributed by atoms with Gasteiger partial charge in [-0.2, -0.15) is 0 Å². The minimum absolute atomic E-state index is 0.194. The predicted octanol–water partition coefficient (Wildman–Crippen LogP) is 2.01. The molecule has 1 N–H and O–H groups in total. The molecule has 0 aromatic carbocycles. The van der Waals surface area contributed by atoms with E-state index in [1.54, 1.807) is 12.1 Å². The van der Waals surface area contributed by atoms with Crippen LogP contribution < -0.4 is 4.90 Å². The summed E-state index contributed by atoms with van der Waals surface area (Å²) in [5.74, 6) is 0.681. The fraction of sp³-hybridized carbons (Fsp3) is 0.588. The molecule has 0 unspecified atom stereocenters. The van der Waals surface area contributed by atoms with E-state index in [4.69, 9.17) is 5.11 Å². The number of carbonyl (C=O) groups excluding carboxylic acids is 1. The van der Waals surface area contributed by atoms with Gasteiger partial charge in [0.1, 0.15) is 5.82 Å². The quantitative estimate of drug-likeness (QED) is 0.919. The van der Waals surface area contributed by atoms with Gasteiger partial charge in [-0.15, -0.1) is 0 Å². The Kier molecular flexibility index (Phi) is 4.79. The molecule has 0 bridgehead atoms. The molecule has 6 nitrogen and oxygen atoms in total. The molecule has 124 valence electrons. The molecule has 1 amide bonds. The molecule has 3 rings (SSSR count). The Bertz CT molecular complexity index is 559. The van der Waals surface area contributed by atoms with Gasteiger partial charge in [0, 0.05) is 38.8 Å². The molecule has 2 heterocycles. The van der Waals surface area contributed by atoms with Gasteiger partial charge in [-0.1, -0.05) is 12.8 Å². The van der Waals surface area contributed by atoms with Crippen LogP contribution in [0, 0.1) is 5.92 Å². The van der Waals surface area contributed by atoms with Crippen molar-refractivity contribution in [2.24, 2.45) is 5.92 Å². The first-order valence-corrected chi connectivity index (χ1v) is 8.35. The summed E-state index contributed by atoms with van der Waals surface area (Å²) in [7, 11) is 0. The largest absolute Gasteiger partial charge is 0.478 e. The van der Waals surface area contributed by atoms with Crippen LogP contribution in [0.1, 0.15) is 42.5 Å². The second-order valence-electron chi connectivity index (χ2n) is 6.43. The highest BCUT2D eigenvalue weighted by Crippen LogP contribution is 2.28. The molecule has 2 aliphatic rings. The number of piperazine rings is 1. The number of aromatic carboxylic acids is 1. The van der Waals surface area contributed by atoms with E-state index in [2.05, 4.69) is 9.88 Å². The van der Waals surface area contributed by atoms with Gasteiger partial charge in [0.15, 0.2) is 0 Å². The third kappa shape index (κ3) is 3.81. The second-order valence-corrected chi connectivity index (χ2v) is 6.43. The van der Waals surface area contributed by atoms with E-state index in [9.17, 15) is 9.59 Å². The van der Waals surface area contributed by atoms with Crippen molar-refractivity contribution in [2.75, 3.05) is 31.1 Å². The summed E-state index contributed by atoms with van der Waals surface area (Å²) in [6, 6.07) is 3.31. The molecule has 1 aliphatic carbocycles. The average molecular weight is 317 g/mol. The zero-order valence-corrected chi connectivity index (χ0v) is 13.3. The number of carboxylic acids is 1. The topological polar surface area (TPSA) is 73.7 Å². The van der Waals surface area contributed by atoms with Crippen molar-refractivity contribution in [3.8, 4) is 0 Å². The number of aromatic nitrogens is 1. The van der Waals surface area contributed by atoms with E-state index in [1.807, 2.05) is 4.90 Å². The zero-order valence-electron chi connectivity index (χ0n) is 13.3. The number of pyridine rings is 1. The molecule has 0 radical (unpaired) electrons. The molecule has 0 atom stereocenters. The number of carbonyl (C=O) groups is 2. The second kappa shape index (κ2) is 6.98. The standard InChI is InChI=1S/C17H23N3O3/c21-16(11-13-3-1-2-4-13)20-9-7-19(8-10-20)15-6-5-14(12-18-15)17(22)23/h5-6,12-13H,1-4,7-11H2,(H,22,23). The summed E-state index contributed by atoms with van der Waals surface area (Å²) >= 11 is 0. The smallest absolute Gasteiger partial charge is 0.337 e. The highest BCUT2D eigenvalue weighted by Gasteiger charge is 2.25. The highest BCUT2D eigenvalue weighted by molar-refractivity contribution is 5.87. The lowest BCUT2D eigenvalue weighted by Crippen LogP contribution is -2.49. The molecular formula is C17H23N3O3. The lowest BCUT2D eigenvalue weighted by Gasteiger charge is -2.35. The number of rotatable bonds is 4. The molecule has 1 saturated heterocycles. The van der Waals surface area contributed by atoms with Gasteiger partial charge in [-0.05, 0) is 30.9 Å². The van der Waals surface area contributed by atoms with Crippen molar-refractivity contribution in [1.82, 2.24) is 9.88 Å². The maximum absolute atomic E-state index is 12.3. The van der Waals surface area contributed by atoms with Crippen LogP contribution in [0.25, 0.3) is 0 Å². The predicted molar refractivity (Wildman–Crippen MR) is 86.6 cm³/mol. The van der Waals surface area contributed by atoms with Crippen LogP contribution in [0.3, 0.4) is 0 Å². The summed E-state index contributed by atoms with van der Waals surface area (Å²) < 4.78 is 0. The van der Waals surface area contributed by atoms with Crippen molar-refractivity contribution in [3.63, 3.8) is 0 Å². The third-order valence-electron chi connectivity index (χ3n) is 4.89. The van der Waals surface area contributed by atoms with E-state index in [-0.39, 0.29) is 11.5 Å². The summed E-state index contributed by atoms with van der Waals surface area (Å²) in [6.45, 7) is 2.92. The molecule has 1 aromatic heterocycles. The summed E-state index contributed by atoms with van der Waals surface area (Å²) in [5.41, 5.74) is 0.194. The van der Waals surface area contributed by atoms with Gasteiger partial charge in [0.2, 0.25) is 5.91 Å². The van der Waals surface area contributed by atoms with Crippen molar-refractivity contribution >= 4 is 17.7 Å². The lowest BCUT2D eigenvalue weighted by atomic mass is 10.0. The SMILES string of the molecule is O=C(O)c1ccc(N2CCN(C(=O)CC3CCCC3)CC2)nc1. The van der Waals surface area contributed by atoms with Crippen molar-refractivity contribution < 1.29 is 14.7 Å². The van der Waals surface area contributed by atoms with Crippen molar-refractivity contribution in [3.05, 3.63) is 23.9 Å². The molecule has 23 heavy (non-hydrogen) atoms. The molecule has 1 saturated carbocycles. The van der Waals surface area contributed by atoms with E-state index >= 15 is 0 Å². The Balaban J connectivity index is 1.51. The number of nitrogens with zero attached hydrogens (tertiary/aromatic N) is 3. The number of anilines is 1. The van der Waals surface area contributed by atoms with E-state index < -0.39 is 5.97 Å². The minimum atomic E-state index is -0.966. The summed E-state index contributed by atoms with van der Waals surface area (Å²) in [5, 5.41) is 8.90. The normalized spacial score (nSPS) is 19.1. The average Bonchev–Trinajstić information content (AvgIpc) is 3.08. The number of carboxylic acid groups (broad SMARTS) is 1. The molecule has 1 aliphatic heterocycles. The van der Waals surface area contributed by atoms with Gasteiger partial charge >= 0.3 is 5.97 Å². The fourth-order valence-corrected chi connectivity index (χ4v) is 3.48. The number of hydrogen-bond donors (Lipinski definition) is 1. The van der Waals surface area contributed by atoms with Crippen LogP contribution in [-0.2, 0) is 4.79 Å². The van der Waals surface area contributed by atoms with Gasteiger partial charge in [0.05, 0.1) is 5.56 Å². The lowest BCUT2D eigenvalue weighted by molar-refractivity contribution is -0.132. The monoisotopic (exact) mass is 317 g/mol.